The van der Waals surface area contributed by atoms with Crippen LogP contribution in [0.2, 0.25) is 0 Å². The molecule has 3 aliphatic rings. The Morgan fingerprint density at radius 1 is 0.490 bits per heavy atom. The highest BCUT2D eigenvalue weighted by molar-refractivity contribution is 6.06. The van der Waals surface area contributed by atoms with Crippen LogP contribution in [0.1, 0.15) is 60.1 Å². The molecule has 244 valence electrons. The van der Waals surface area contributed by atoms with Gasteiger partial charge < -0.3 is 4.90 Å². The Morgan fingerprint density at radius 2 is 1.08 bits per heavy atom. The average molecular weight is 654 g/mol. The number of hydrogen-bond acceptors (Lipinski definition) is 1. The molecule has 0 saturated carbocycles. The number of nitrogens with zero attached hydrogens (tertiary/aromatic N) is 1. The minimum atomic E-state index is -0.411. The molecule has 0 aromatic heterocycles. The molecule has 10 rings (SSSR count). The van der Waals surface area contributed by atoms with Gasteiger partial charge in [0.1, 0.15) is 0 Å². The fraction of sp³-hybridized carbons (Fsp3) is 0.120. The molecule has 0 saturated heterocycles. The quantitative estimate of drug-likeness (QED) is 0.183. The summed E-state index contributed by atoms with van der Waals surface area (Å²) in [5.74, 6) is 0. The standard InChI is InChI=1S/C50H39N/c1-49(2)43-25-13-15-27-45(43)50(46-28-16-14-26-44(46)49)42-24-12-11-22-39(42)40-30-29-34(33-47(40)50)37-31-32-48(41-23-10-9-21-38(37)41)51(35-17-5-3-6-18-35)36-19-7-4-8-20-36/h3-7,9-19,21-33H,8,20H2,1-2H3. The molecule has 0 radical (unpaired) electrons. The van der Waals surface area contributed by atoms with E-state index in [1.807, 2.05) is 0 Å². The van der Waals surface area contributed by atoms with Crippen molar-refractivity contribution in [2.75, 3.05) is 4.90 Å². The highest BCUT2D eigenvalue weighted by Crippen LogP contribution is 2.62. The Labute approximate surface area is 300 Å². The Morgan fingerprint density at radius 3 is 1.78 bits per heavy atom. The van der Waals surface area contributed by atoms with Crippen LogP contribution in [-0.4, -0.2) is 0 Å². The number of fused-ring (bicyclic) bond motifs is 10. The topological polar surface area (TPSA) is 3.24 Å². The number of rotatable bonds is 4. The first-order valence-corrected chi connectivity index (χ1v) is 18.3. The van der Waals surface area contributed by atoms with Gasteiger partial charge in [0, 0.05) is 22.2 Å². The first kappa shape index (κ1) is 29.9. The zero-order valence-corrected chi connectivity index (χ0v) is 29.1. The second-order valence-electron chi connectivity index (χ2n) is 14.7. The van der Waals surface area contributed by atoms with Gasteiger partial charge in [-0.2, -0.15) is 0 Å². The summed E-state index contributed by atoms with van der Waals surface area (Å²) in [6.45, 7) is 4.78. The van der Waals surface area contributed by atoms with Crippen LogP contribution in [0, 0.1) is 0 Å². The summed E-state index contributed by atoms with van der Waals surface area (Å²) in [4.78, 5) is 2.46. The van der Waals surface area contributed by atoms with Crippen LogP contribution in [0.5, 0.6) is 0 Å². The van der Waals surface area contributed by atoms with E-state index in [0.717, 1.165) is 12.8 Å². The first-order valence-electron chi connectivity index (χ1n) is 18.3. The van der Waals surface area contributed by atoms with Crippen LogP contribution in [0.15, 0.2) is 182 Å². The third kappa shape index (κ3) is 4.22. The number of para-hydroxylation sites is 1. The van der Waals surface area contributed by atoms with Gasteiger partial charge in [0.25, 0.3) is 0 Å². The SMILES string of the molecule is CC1(C)c2ccccc2C2(c3ccccc3-c3ccc(-c4ccc(N(C5=CC=CCC5)c5ccccc5)c5ccccc45)cc32)c2ccccc21. The minimum Gasteiger partial charge on any atom is -0.314 e. The van der Waals surface area contributed by atoms with E-state index in [9.17, 15) is 0 Å². The lowest BCUT2D eigenvalue weighted by Crippen LogP contribution is -2.40. The number of anilines is 2. The van der Waals surface area contributed by atoms with E-state index in [4.69, 9.17) is 0 Å². The summed E-state index contributed by atoms with van der Waals surface area (Å²) in [5.41, 5.74) is 16.7. The molecule has 1 heteroatoms. The monoisotopic (exact) mass is 653 g/mol. The fourth-order valence-corrected chi connectivity index (χ4v) is 9.57. The normalized spacial score (nSPS) is 15.8. The van der Waals surface area contributed by atoms with Gasteiger partial charge in [-0.3, -0.25) is 0 Å². The van der Waals surface area contributed by atoms with Crippen molar-refractivity contribution in [2.45, 2.75) is 37.5 Å². The predicted octanol–water partition coefficient (Wildman–Crippen LogP) is 12.9. The lowest BCUT2D eigenvalue weighted by Gasteiger charge is -2.46. The van der Waals surface area contributed by atoms with E-state index >= 15 is 0 Å². The van der Waals surface area contributed by atoms with Crippen LogP contribution < -0.4 is 4.90 Å². The van der Waals surface area contributed by atoms with Gasteiger partial charge in [-0.25, -0.2) is 0 Å². The number of benzene rings is 7. The fourth-order valence-electron chi connectivity index (χ4n) is 9.57. The Bertz CT molecular complexity index is 2520. The lowest BCUT2D eigenvalue weighted by molar-refractivity contribution is 0.563. The minimum absolute atomic E-state index is 0.117. The van der Waals surface area contributed by atoms with Gasteiger partial charge in [-0.15, -0.1) is 0 Å². The van der Waals surface area contributed by atoms with Crippen molar-refractivity contribution in [3.05, 3.63) is 215 Å². The molecule has 1 spiro atoms. The van der Waals surface area contributed by atoms with E-state index in [0.29, 0.717) is 0 Å². The largest absolute Gasteiger partial charge is 0.314 e. The Kier molecular flexibility index (Phi) is 6.64. The van der Waals surface area contributed by atoms with Crippen molar-refractivity contribution < 1.29 is 0 Å². The third-order valence-electron chi connectivity index (χ3n) is 11.8. The molecular formula is C50H39N. The number of allylic oxidation sites excluding steroid dienone is 4. The van der Waals surface area contributed by atoms with E-state index in [1.54, 1.807) is 0 Å². The van der Waals surface area contributed by atoms with E-state index in [2.05, 4.69) is 195 Å². The van der Waals surface area contributed by atoms with Gasteiger partial charge in [0.2, 0.25) is 0 Å². The third-order valence-corrected chi connectivity index (χ3v) is 11.8. The summed E-state index contributed by atoms with van der Waals surface area (Å²) >= 11 is 0. The maximum absolute atomic E-state index is 2.52. The first-order chi connectivity index (χ1) is 25.1. The maximum Gasteiger partial charge on any atom is 0.0719 e. The Balaban J connectivity index is 1.23. The second-order valence-corrected chi connectivity index (χ2v) is 14.7. The smallest absolute Gasteiger partial charge is 0.0719 e. The predicted molar refractivity (Wildman–Crippen MR) is 214 cm³/mol. The van der Waals surface area contributed by atoms with E-state index in [1.165, 1.54) is 83.5 Å². The molecule has 0 heterocycles. The summed E-state index contributed by atoms with van der Waals surface area (Å²) in [7, 11) is 0. The maximum atomic E-state index is 2.52. The molecule has 51 heavy (non-hydrogen) atoms. The Hall–Kier alpha value is -5.92. The second kappa shape index (κ2) is 11.3. The van der Waals surface area contributed by atoms with Crippen molar-refractivity contribution in [2.24, 2.45) is 0 Å². The molecule has 7 aromatic rings. The molecule has 3 aliphatic carbocycles. The van der Waals surface area contributed by atoms with E-state index in [-0.39, 0.29) is 5.41 Å². The highest BCUT2D eigenvalue weighted by atomic mass is 15.1. The lowest BCUT2D eigenvalue weighted by atomic mass is 9.55. The average Bonchev–Trinajstić information content (AvgIpc) is 3.48. The molecule has 0 aliphatic heterocycles. The van der Waals surface area contributed by atoms with Crippen molar-refractivity contribution in [1.82, 2.24) is 0 Å². The molecule has 0 unspecified atom stereocenters. The van der Waals surface area contributed by atoms with Gasteiger partial charge in [-0.1, -0.05) is 159 Å². The summed E-state index contributed by atoms with van der Waals surface area (Å²) in [6, 6.07) is 59.3. The van der Waals surface area contributed by atoms with Crippen molar-refractivity contribution in [3.8, 4) is 22.3 Å². The molecule has 7 aromatic carbocycles. The molecule has 0 N–H and O–H groups in total. The molecule has 1 nitrogen and oxygen atoms in total. The summed E-state index contributed by atoms with van der Waals surface area (Å²) in [5, 5.41) is 2.51. The van der Waals surface area contributed by atoms with Crippen molar-refractivity contribution in [3.63, 3.8) is 0 Å². The summed E-state index contributed by atoms with van der Waals surface area (Å²) in [6.07, 6.45) is 8.80. The van der Waals surface area contributed by atoms with Gasteiger partial charge in [0.15, 0.2) is 0 Å². The van der Waals surface area contributed by atoms with Crippen molar-refractivity contribution >= 4 is 22.1 Å². The van der Waals surface area contributed by atoms with Crippen LogP contribution in [-0.2, 0) is 10.8 Å². The molecular weight excluding hydrogens is 615 g/mol. The van der Waals surface area contributed by atoms with Gasteiger partial charge in [0.05, 0.1) is 11.1 Å². The highest BCUT2D eigenvalue weighted by Gasteiger charge is 2.53. The van der Waals surface area contributed by atoms with Gasteiger partial charge >= 0.3 is 0 Å². The summed E-state index contributed by atoms with van der Waals surface area (Å²) < 4.78 is 0. The van der Waals surface area contributed by atoms with Crippen LogP contribution in [0.3, 0.4) is 0 Å². The zero-order valence-electron chi connectivity index (χ0n) is 29.1. The molecule has 0 fully saturated rings. The van der Waals surface area contributed by atoms with Gasteiger partial charge in [-0.05, 0) is 104 Å². The molecule has 0 atom stereocenters. The van der Waals surface area contributed by atoms with Crippen molar-refractivity contribution in [1.29, 1.82) is 0 Å². The molecule has 0 bridgehead atoms. The number of hydrogen-bond donors (Lipinski definition) is 0. The van der Waals surface area contributed by atoms with E-state index < -0.39 is 5.41 Å². The molecule has 0 amide bonds. The zero-order chi connectivity index (χ0) is 34.2. The van der Waals surface area contributed by atoms with Crippen LogP contribution in [0.4, 0.5) is 11.4 Å². The van der Waals surface area contributed by atoms with Crippen LogP contribution >= 0.6 is 0 Å². The van der Waals surface area contributed by atoms with Crippen LogP contribution in [0.25, 0.3) is 33.0 Å².